The number of hydrogen-bond acceptors (Lipinski definition) is 8. The molecule has 6 atom stereocenters. The van der Waals surface area contributed by atoms with E-state index in [9.17, 15) is 34.8 Å². The van der Waals surface area contributed by atoms with Gasteiger partial charge in [-0.1, -0.05) is 37.3 Å². The van der Waals surface area contributed by atoms with E-state index in [2.05, 4.69) is 6.92 Å². The number of likely N-dealkylation sites (N-methyl/N-ethyl adjacent to an activating group) is 1. The Hall–Kier alpha value is -3.53. The lowest BCUT2D eigenvalue weighted by molar-refractivity contribution is -0.184. The maximum Gasteiger partial charge on any atom is 0.230 e. The van der Waals surface area contributed by atoms with Gasteiger partial charge in [0.25, 0.3) is 0 Å². The maximum atomic E-state index is 13.9. The molecule has 9 nitrogen and oxygen atoms in total. The van der Waals surface area contributed by atoms with E-state index < -0.39 is 58.7 Å². The van der Waals surface area contributed by atoms with Crippen LogP contribution in [0, 0.1) is 17.8 Å². The van der Waals surface area contributed by atoms with Crippen LogP contribution in [0.5, 0.6) is 5.75 Å². The molecule has 38 heavy (non-hydrogen) atoms. The molecular weight excluding hydrogens is 488 g/mol. The van der Waals surface area contributed by atoms with Crippen LogP contribution in [0.4, 0.5) is 0 Å². The number of fused-ring (bicyclic) bond motifs is 3. The number of ketones is 2. The number of aromatic hydroxyl groups is 1. The average molecular weight is 521 g/mol. The molecule has 1 amide bonds. The Kier molecular flexibility index (Phi) is 6.21. The second kappa shape index (κ2) is 9.04. The van der Waals surface area contributed by atoms with Crippen LogP contribution in [0.3, 0.4) is 0 Å². The maximum absolute atomic E-state index is 13.9. The van der Waals surface area contributed by atoms with E-state index in [1.54, 1.807) is 25.1 Å². The first kappa shape index (κ1) is 26.1. The monoisotopic (exact) mass is 520 g/mol. The van der Waals surface area contributed by atoms with Crippen molar-refractivity contribution in [2.45, 2.75) is 43.9 Å². The van der Waals surface area contributed by atoms with Crippen LogP contribution in [-0.2, 0) is 27.2 Å². The molecular formula is C29H32N2O7. The zero-order chi connectivity index (χ0) is 27.7. The van der Waals surface area contributed by atoms with Crippen molar-refractivity contribution in [1.29, 1.82) is 0 Å². The first-order valence-electron chi connectivity index (χ1n) is 12.8. The van der Waals surface area contributed by atoms with Gasteiger partial charge in [-0.15, -0.1) is 0 Å². The van der Waals surface area contributed by atoms with Gasteiger partial charge >= 0.3 is 0 Å². The van der Waals surface area contributed by atoms with Crippen LogP contribution in [0.25, 0.3) is 16.9 Å². The lowest BCUT2D eigenvalue weighted by atomic mass is 9.54. The highest BCUT2D eigenvalue weighted by atomic mass is 16.3. The Balaban J connectivity index is 1.68. The number of phenolic OH excluding ortho intramolecular Hbond substituents is 1. The number of Topliss-reactive ketones (excluding diaryl/α,β-unsaturated/α-hetero) is 2. The van der Waals surface area contributed by atoms with Crippen molar-refractivity contribution in [2.75, 3.05) is 14.1 Å². The van der Waals surface area contributed by atoms with Gasteiger partial charge in [0.1, 0.15) is 17.4 Å². The number of aryl methyl sites for hydroxylation is 1. The van der Waals surface area contributed by atoms with Gasteiger partial charge in [-0.05, 0) is 67.6 Å². The molecule has 5 rings (SSSR count). The highest BCUT2D eigenvalue weighted by Gasteiger charge is 2.67. The fraction of sp³-hybridized carbons (Fsp3) is 0.414. The fourth-order valence-electron chi connectivity index (χ4n) is 6.79. The minimum atomic E-state index is -2.66. The molecule has 2 fully saturated rings. The van der Waals surface area contributed by atoms with Gasteiger partial charge in [-0.3, -0.25) is 14.4 Å². The molecule has 6 N–H and O–H groups in total. The van der Waals surface area contributed by atoms with Crippen molar-refractivity contribution in [3.63, 3.8) is 0 Å². The molecule has 200 valence electrons. The third-order valence-electron chi connectivity index (χ3n) is 8.65. The predicted octanol–water partition coefficient (Wildman–Crippen LogP) is 1.36. The summed E-state index contributed by atoms with van der Waals surface area (Å²) in [4.78, 5) is 41.0. The number of primary amides is 1. The summed E-state index contributed by atoms with van der Waals surface area (Å²) in [7, 11) is 3.25. The van der Waals surface area contributed by atoms with Gasteiger partial charge in [0.2, 0.25) is 11.7 Å². The number of phenols is 1. The van der Waals surface area contributed by atoms with Crippen molar-refractivity contribution in [3.8, 4) is 16.9 Å². The van der Waals surface area contributed by atoms with Gasteiger partial charge in [-0.2, -0.15) is 0 Å². The lowest BCUT2D eigenvalue weighted by Gasteiger charge is -2.53. The van der Waals surface area contributed by atoms with Crippen molar-refractivity contribution >= 4 is 23.2 Å². The summed E-state index contributed by atoms with van der Waals surface area (Å²) in [5.74, 6) is -7.47. The molecule has 0 heterocycles. The van der Waals surface area contributed by atoms with Gasteiger partial charge in [-0.25, -0.2) is 0 Å². The van der Waals surface area contributed by atoms with E-state index in [0.29, 0.717) is 5.56 Å². The standard InChI is InChI=1S/C29H32N2O7/c1-4-13-5-7-14(8-6-13)16-9-10-19(32)21-17(16)11-15-12-18-23(31(2)3)25(34)22(28(30)37)27(36)29(18,38)26(35)20(15)24(21)33/h5-10,15,18,22-23,25,32-34,38H,4,11-12H2,1-3H3,(H2,30,37)/t15-,18-,22?,23-,25?,29-/m1/s1. The molecule has 0 spiro atoms. The highest BCUT2D eigenvalue weighted by molar-refractivity contribution is 6.25. The van der Waals surface area contributed by atoms with Crippen molar-refractivity contribution in [2.24, 2.45) is 23.5 Å². The Bertz CT molecular complexity index is 1380. The van der Waals surface area contributed by atoms with Crippen LogP contribution in [0.2, 0.25) is 0 Å². The topological polar surface area (TPSA) is 161 Å². The summed E-state index contributed by atoms with van der Waals surface area (Å²) in [5, 5.41) is 44.8. The van der Waals surface area contributed by atoms with Crippen LogP contribution in [0.1, 0.15) is 30.0 Å². The largest absolute Gasteiger partial charge is 0.507 e. The third kappa shape index (κ3) is 3.53. The fourth-order valence-corrected chi connectivity index (χ4v) is 6.79. The van der Waals surface area contributed by atoms with Crippen molar-refractivity contribution in [3.05, 3.63) is 58.7 Å². The molecule has 2 saturated carbocycles. The van der Waals surface area contributed by atoms with E-state index in [4.69, 9.17) is 5.73 Å². The number of nitrogens with zero attached hydrogens (tertiary/aromatic N) is 1. The van der Waals surface area contributed by atoms with Gasteiger partial charge in [0.15, 0.2) is 11.4 Å². The Morgan fingerprint density at radius 3 is 2.34 bits per heavy atom. The molecule has 0 radical (unpaired) electrons. The molecule has 2 unspecified atom stereocenters. The molecule has 0 aromatic heterocycles. The molecule has 2 aromatic rings. The lowest BCUT2D eigenvalue weighted by Crippen LogP contribution is -2.73. The number of carbonyl (C=O) groups excluding carboxylic acids is 3. The zero-order valence-corrected chi connectivity index (χ0v) is 21.5. The Morgan fingerprint density at radius 1 is 1.11 bits per heavy atom. The number of hydrogen-bond donors (Lipinski definition) is 5. The quantitative estimate of drug-likeness (QED) is 0.378. The summed E-state index contributed by atoms with van der Waals surface area (Å²) < 4.78 is 0. The number of rotatable bonds is 4. The number of carbonyl (C=O) groups is 3. The Morgan fingerprint density at radius 2 is 1.76 bits per heavy atom. The average Bonchev–Trinajstić information content (AvgIpc) is 2.86. The number of nitrogens with two attached hydrogens (primary N) is 1. The normalized spacial score (nSPS) is 30.6. The molecule has 3 aliphatic rings. The van der Waals surface area contributed by atoms with E-state index in [1.165, 1.54) is 6.07 Å². The van der Waals surface area contributed by atoms with Crippen LogP contribution in [-0.4, -0.2) is 74.6 Å². The number of amides is 1. The van der Waals surface area contributed by atoms with Gasteiger partial charge < -0.3 is 31.1 Å². The number of aliphatic hydroxyl groups is 3. The second-order valence-electron chi connectivity index (χ2n) is 10.8. The highest BCUT2D eigenvalue weighted by Crippen LogP contribution is 2.53. The molecule has 0 saturated heterocycles. The Labute approximate surface area is 220 Å². The van der Waals surface area contributed by atoms with Crippen LogP contribution in [0.15, 0.2) is 42.0 Å². The molecule has 0 aliphatic heterocycles. The predicted molar refractivity (Wildman–Crippen MR) is 139 cm³/mol. The van der Waals surface area contributed by atoms with Gasteiger partial charge in [0.05, 0.1) is 11.7 Å². The van der Waals surface area contributed by atoms with Crippen LogP contribution < -0.4 is 5.73 Å². The van der Waals surface area contributed by atoms with E-state index >= 15 is 0 Å². The van der Waals surface area contributed by atoms with Crippen molar-refractivity contribution < 1.29 is 34.8 Å². The summed E-state index contributed by atoms with van der Waals surface area (Å²) in [6, 6.07) is 10.2. The van der Waals surface area contributed by atoms with E-state index in [0.717, 1.165) is 23.1 Å². The third-order valence-corrected chi connectivity index (χ3v) is 8.65. The van der Waals surface area contributed by atoms with Gasteiger partial charge in [0, 0.05) is 17.5 Å². The first-order valence-corrected chi connectivity index (χ1v) is 12.8. The molecule has 0 bridgehead atoms. The van der Waals surface area contributed by atoms with Crippen LogP contribution >= 0.6 is 0 Å². The summed E-state index contributed by atoms with van der Waals surface area (Å²) in [6.45, 7) is 2.06. The first-order chi connectivity index (χ1) is 17.9. The molecule has 3 aliphatic carbocycles. The number of aliphatic hydroxyl groups excluding tert-OH is 2. The molecule has 9 heteroatoms. The minimum Gasteiger partial charge on any atom is -0.507 e. The van der Waals surface area contributed by atoms with Crippen molar-refractivity contribution in [1.82, 2.24) is 4.90 Å². The zero-order valence-electron chi connectivity index (χ0n) is 21.5. The minimum absolute atomic E-state index is 0.0854. The summed E-state index contributed by atoms with van der Waals surface area (Å²) >= 11 is 0. The number of benzene rings is 2. The second-order valence-corrected chi connectivity index (χ2v) is 10.8. The van der Waals surface area contributed by atoms with E-state index in [-0.39, 0.29) is 29.7 Å². The molecule has 2 aromatic carbocycles. The SMILES string of the molecule is CCc1ccc(-c2ccc(O)c3c2C[C@@H]2C[C@@H]4[C@@H](N(C)C)C(O)C(C(N)=O)C(=O)[C@]4(O)C(=O)C2=C3O)cc1. The summed E-state index contributed by atoms with van der Waals surface area (Å²) in [6.07, 6.45) is -0.290. The smallest absolute Gasteiger partial charge is 0.230 e. The van der Waals surface area contributed by atoms with E-state index in [1.807, 2.05) is 24.3 Å². The summed E-state index contributed by atoms with van der Waals surface area (Å²) in [5.41, 5.74) is 6.17.